The van der Waals surface area contributed by atoms with Crippen LogP contribution in [0.15, 0.2) is 0 Å². The number of halogens is 1. The van der Waals surface area contributed by atoms with Gasteiger partial charge in [0.05, 0.1) is 0 Å². The Bertz CT molecular complexity index is 145. The zero-order valence-electron chi connectivity index (χ0n) is 6.77. The van der Waals surface area contributed by atoms with Crippen molar-refractivity contribution in [1.29, 1.82) is 0 Å². The standard InChI is InChI=1S/C8H14BrNO/c1-2-7(9)5-10-8(11)6-3-4-6/h6-7H,2-5H2,1H3,(H,10,11). The van der Waals surface area contributed by atoms with E-state index in [9.17, 15) is 4.79 Å². The molecule has 1 amide bonds. The van der Waals surface area contributed by atoms with Gasteiger partial charge >= 0.3 is 0 Å². The molecule has 0 spiro atoms. The van der Waals surface area contributed by atoms with Gasteiger partial charge in [0.2, 0.25) is 5.91 Å². The minimum atomic E-state index is 0.239. The quantitative estimate of drug-likeness (QED) is 0.717. The topological polar surface area (TPSA) is 29.1 Å². The Balaban J connectivity index is 2.05. The van der Waals surface area contributed by atoms with Gasteiger partial charge in [0, 0.05) is 17.3 Å². The second kappa shape index (κ2) is 4.10. The van der Waals surface area contributed by atoms with Gasteiger partial charge in [-0.15, -0.1) is 0 Å². The Labute approximate surface area is 75.9 Å². The minimum Gasteiger partial charge on any atom is -0.355 e. The zero-order chi connectivity index (χ0) is 8.27. The molecule has 64 valence electrons. The normalized spacial score (nSPS) is 19.5. The van der Waals surface area contributed by atoms with Crippen LogP contribution in [0, 0.1) is 5.92 Å². The molecule has 1 N–H and O–H groups in total. The summed E-state index contributed by atoms with van der Waals surface area (Å²) < 4.78 is 0. The fraction of sp³-hybridized carbons (Fsp3) is 0.875. The van der Waals surface area contributed by atoms with Crippen molar-refractivity contribution in [2.24, 2.45) is 5.92 Å². The molecule has 0 bridgehead atoms. The summed E-state index contributed by atoms with van der Waals surface area (Å²) >= 11 is 3.46. The molecule has 0 heterocycles. The number of carbonyl (C=O) groups excluding carboxylic acids is 1. The fourth-order valence-electron chi connectivity index (χ4n) is 0.846. The lowest BCUT2D eigenvalue weighted by molar-refractivity contribution is -0.122. The van der Waals surface area contributed by atoms with Crippen LogP contribution in [0.5, 0.6) is 0 Å². The van der Waals surface area contributed by atoms with E-state index >= 15 is 0 Å². The van der Waals surface area contributed by atoms with E-state index in [1.165, 1.54) is 0 Å². The molecule has 2 nitrogen and oxygen atoms in total. The van der Waals surface area contributed by atoms with Gasteiger partial charge in [0.15, 0.2) is 0 Å². The molecular weight excluding hydrogens is 206 g/mol. The zero-order valence-corrected chi connectivity index (χ0v) is 8.36. The van der Waals surface area contributed by atoms with Crippen molar-refractivity contribution in [1.82, 2.24) is 5.32 Å². The molecule has 0 aliphatic heterocycles. The van der Waals surface area contributed by atoms with Crippen molar-refractivity contribution in [3.05, 3.63) is 0 Å². The van der Waals surface area contributed by atoms with Gasteiger partial charge in [-0.1, -0.05) is 22.9 Å². The van der Waals surface area contributed by atoms with Crippen molar-refractivity contribution in [3.63, 3.8) is 0 Å². The summed E-state index contributed by atoms with van der Waals surface area (Å²) in [6.45, 7) is 2.87. The van der Waals surface area contributed by atoms with E-state index in [2.05, 4.69) is 28.2 Å². The Hall–Kier alpha value is -0.0500. The van der Waals surface area contributed by atoms with E-state index in [0.717, 1.165) is 25.8 Å². The highest BCUT2D eigenvalue weighted by molar-refractivity contribution is 9.09. The molecule has 0 aromatic rings. The molecule has 3 heteroatoms. The third-order valence-electron chi connectivity index (χ3n) is 1.89. The van der Waals surface area contributed by atoms with E-state index in [4.69, 9.17) is 0 Å². The summed E-state index contributed by atoms with van der Waals surface area (Å²) in [5, 5.41) is 2.91. The maximum Gasteiger partial charge on any atom is 0.223 e. The predicted octanol–water partition coefficient (Wildman–Crippen LogP) is 1.69. The second-order valence-corrected chi connectivity index (χ2v) is 4.32. The highest BCUT2D eigenvalue weighted by Gasteiger charge is 2.29. The Kier molecular flexibility index (Phi) is 3.37. The molecule has 0 saturated heterocycles. The molecule has 1 atom stereocenters. The molecule has 1 aliphatic carbocycles. The Morgan fingerprint density at radius 1 is 1.73 bits per heavy atom. The lowest BCUT2D eigenvalue weighted by Gasteiger charge is -2.07. The van der Waals surface area contributed by atoms with Crippen LogP contribution in [0.3, 0.4) is 0 Å². The van der Waals surface area contributed by atoms with Gasteiger partial charge in [-0.3, -0.25) is 4.79 Å². The van der Waals surface area contributed by atoms with E-state index in [0.29, 0.717) is 10.7 Å². The predicted molar refractivity (Wildman–Crippen MR) is 48.7 cm³/mol. The van der Waals surface area contributed by atoms with Gasteiger partial charge in [-0.05, 0) is 19.3 Å². The average molecular weight is 220 g/mol. The van der Waals surface area contributed by atoms with E-state index < -0.39 is 0 Å². The smallest absolute Gasteiger partial charge is 0.223 e. The minimum absolute atomic E-state index is 0.239. The fourth-order valence-corrected chi connectivity index (χ4v) is 1.01. The molecule has 1 fully saturated rings. The van der Waals surface area contributed by atoms with Gasteiger partial charge in [-0.2, -0.15) is 0 Å². The average Bonchev–Trinajstić information content (AvgIpc) is 2.81. The van der Waals surface area contributed by atoms with Gasteiger partial charge in [0.1, 0.15) is 0 Å². The maximum atomic E-state index is 11.1. The highest BCUT2D eigenvalue weighted by atomic mass is 79.9. The van der Waals surface area contributed by atoms with Crippen LogP contribution in [-0.4, -0.2) is 17.3 Å². The maximum absolute atomic E-state index is 11.1. The van der Waals surface area contributed by atoms with Crippen LogP contribution in [0.25, 0.3) is 0 Å². The number of hydrogen-bond donors (Lipinski definition) is 1. The summed E-state index contributed by atoms with van der Waals surface area (Å²) in [7, 11) is 0. The summed E-state index contributed by atoms with van der Waals surface area (Å²) in [5.74, 6) is 0.578. The van der Waals surface area contributed by atoms with E-state index in [1.54, 1.807) is 0 Å². The van der Waals surface area contributed by atoms with Gasteiger partial charge < -0.3 is 5.32 Å². The first kappa shape index (κ1) is 9.04. The summed E-state index contributed by atoms with van der Waals surface area (Å²) in [4.78, 5) is 11.5. The number of alkyl halides is 1. The first-order valence-electron chi connectivity index (χ1n) is 4.15. The number of carbonyl (C=O) groups is 1. The number of nitrogens with one attached hydrogen (secondary N) is 1. The van der Waals surface area contributed by atoms with Crippen molar-refractivity contribution >= 4 is 21.8 Å². The SMILES string of the molecule is CCC(Br)CNC(=O)C1CC1. The molecule has 0 aromatic carbocycles. The summed E-state index contributed by atoms with van der Waals surface area (Å²) in [5.41, 5.74) is 0. The molecule has 0 aromatic heterocycles. The Morgan fingerprint density at radius 2 is 2.36 bits per heavy atom. The van der Waals surface area contributed by atoms with Crippen molar-refractivity contribution < 1.29 is 4.79 Å². The number of amides is 1. The highest BCUT2D eigenvalue weighted by Crippen LogP contribution is 2.28. The first-order chi connectivity index (χ1) is 5.24. The summed E-state index contributed by atoms with van der Waals surface area (Å²) in [6.07, 6.45) is 3.24. The van der Waals surface area contributed by atoms with Gasteiger partial charge in [0.25, 0.3) is 0 Å². The lowest BCUT2D eigenvalue weighted by Crippen LogP contribution is -2.30. The Morgan fingerprint density at radius 3 is 2.82 bits per heavy atom. The molecule has 1 rings (SSSR count). The monoisotopic (exact) mass is 219 g/mol. The van der Waals surface area contributed by atoms with Crippen LogP contribution in [0.2, 0.25) is 0 Å². The van der Waals surface area contributed by atoms with Crippen LogP contribution in [-0.2, 0) is 4.79 Å². The van der Waals surface area contributed by atoms with Gasteiger partial charge in [-0.25, -0.2) is 0 Å². The summed E-state index contributed by atoms with van der Waals surface area (Å²) in [6, 6.07) is 0. The number of rotatable bonds is 4. The molecule has 1 aliphatic rings. The second-order valence-electron chi connectivity index (χ2n) is 3.02. The van der Waals surface area contributed by atoms with E-state index in [-0.39, 0.29) is 5.91 Å². The van der Waals surface area contributed by atoms with E-state index in [1.807, 2.05) is 0 Å². The first-order valence-corrected chi connectivity index (χ1v) is 5.07. The molecule has 1 unspecified atom stereocenters. The molecular formula is C8H14BrNO. The van der Waals surface area contributed by atoms with Crippen LogP contribution in [0.1, 0.15) is 26.2 Å². The molecule has 11 heavy (non-hydrogen) atoms. The third-order valence-corrected chi connectivity index (χ3v) is 2.86. The van der Waals surface area contributed by atoms with Crippen molar-refractivity contribution in [2.75, 3.05) is 6.54 Å². The third kappa shape index (κ3) is 3.23. The lowest BCUT2D eigenvalue weighted by atomic mass is 10.3. The molecule has 0 radical (unpaired) electrons. The van der Waals surface area contributed by atoms with Crippen LogP contribution >= 0.6 is 15.9 Å². The van der Waals surface area contributed by atoms with Crippen LogP contribution in [0.4, 0.5) is 0 Å². The van der Waals surface area contributed by atoms with Crippen molar-refractivity contribution in [3.8, 4) is 0 Å². The molecule has 1 saturated carbocycles. The van der Waals surface area contributed by atoms with Crippen molar-refractivity contribution in [2.45, 2.75) is 31.0 Å². The largest absolute Gasteiger partial charge is 0.355 e. The number of hydrogen-bond acceptors (Lipinski definition) is 1. The van der Waals surface area contributed by atoms with Crippen LogP contribution < -0.4 is 5.32 Å².